The normalized spacial score (nSPS) is 12.3. The molecule has 0 fully saturated rings. The fraction of sp³-hybridized carbons (Fsp3) is 0.500. The highest BCUT2D eigenvalue weighted by molar-refractivity contribution is 7.71. The van der Waals surface area contributed by atoms with Crippen LogP contribution in [-0.4, -0.2) is 32.6 Å². The third-order valence-electron chi connectivity index (χ3n) is 3.53. The van der Waals surface area contributed by atoms with Gasteiger partial charge in [0.1, 0.15) is 12.4 Å². The lowest BCUT2D eigenvalue weighted by atomic mass is 10.2. The van der Waals surface area contributed by atoms with Crippen molar-refractivity contribution >= 4 is 29.5 Å². The molecule has 2 aromatic rings. The smallest absolute Gasteiger partial charge is 0.242 e. The number of rotatable bonds is 6. The van der Waals surface area contributed by atoms with Gasteiger partial charge in [0.25, 0.3) is 0 Å². The minimum atomic E-state index is 0.0331. The molecule has 0 saturated heterocycles. The number of thiophene rings is 1. The molecule has 0 aliphatic heterocycles. The van der Waals surface area contributed by atoms with E-state index in [1.165, 1.54) is 4.88 Å². The standard InChI is InChI=1S/C14H20N4OS2/c1-4-6-12-15-16-14(20)18(12)9-13(19)17(3)10(2)11-7-5-8-21-11/h5,7-8,10H,4,6,9H2,1-3H3,(H,16,20)/t10-/m0/s1. The Hall–Kier alpha value is -1.47. The van der Waals surface area contributed by atoms with Crippen LogP contribution in [0.1, 0.15) is 37.0 Å². The van der Waals surface area contributed by atoms with Gasteiger partial charge in [0.15, 0.2) is 4.77 Å². The summed E-state index contributed by atoms with van der Waals surface area (Å²) in [6.45, 7) is 4.34. The van der Waals surface area contributed by atoms with Crippen molar-refractivity contribution in [2.75, 3.05) is 7.05 Å². The third kappa shape index (κ3) is 3.59. The highest BCUT2D eigenvalue weighted by Gasteiger charge is 2.19. The largest absolute Gasteiger partial charge is 0.337 e. The van der Waals surface area contributed by atoms with Gasteiger partial charge in [0.2, 0.25) is 5.91 Å². The van der Waals surface area contributed by atoms with Gasteiger partial charge < -0.3 is 4.90 Å². The van der Waals surface area contributed by atoms with E-state index in [9.17, 15) is 4.79 Å². The number of carbonyl (C=O) groups excluding carboxylic acids is 1. The number of carbonyl (C=O) groups is 1. The number of nitrogens with zero attached hydrogens (tertiary/aromatic N) is 3. The van der Waals surface area contributed by atoms with Crippen LogP contribution >= 0.6 is 23.6 Å². The van der Waals surface area contributed by atoms with Crippen LogP contribution in [0.2, 0.25) is 0 Å². The summed E-state index contributed by atoms with van der Waals surface area (Å²) in [5.41, 5.74) is 0. The number of H-pyrrole nitrogens is 1. The SMILES string of the molecule is CCCc1n[nH]c(=S)n1CC(=O)N(C)[C@@H](C)c1cccs1. The lowest BCUT2D eigenvalue weighted by Gasteiger charge is -2.24. The Bertz CT molecular complexity index is 644. The molecule has 1 N–H and O–H groups in total. The van der Waals surface area contributed by atoms with E-state index in [-0.39, 0.29) is 18.5 Å². The first-order chi connectivity index (χ1) is 10.0. The molecule has 5 nitrogen and oxygen atoms in total. The topological polar surface area (TPSA) is 53.9 Å². The quantitative estimate of drug-likeness (QED) is 0.830. The van der Waals surface area contributed by atoms with Crippen LogP contribution in [0.4, 0.5) is 0 Å². The van der Waals surface area contributed by atoms with E-state index in [1.807, 2.05) is 31.5 Å². The Labute approximate surface area is 133 Å². The summed E-state index contributed by atoms with van der Waals surface area (Å²) in [5.74, 6) is 0.874. The van der Waals surface area contributed by atoms with Crippen LogP contribution in [0, 0.1) is 4.77 Å². The Morgan fingerprint density at radius 2 is 2.38 bits per heavy atom. The van der Waals surface area contributed by atoms with Crippen LogP contribution in [0.15, 0.2) is 17.5 Å². The van der Waals surface area contributed by atoms with Crippen LogP contribution in [0.25, 0.3) is 0 Å². The van der Waals surface area contributed by atoms with E-state index in [4.69, 9.17) is 12.2 Å². The zero-order chi connectivity index (χ0) is 15.4. The predicted octanol–water partition coefficient (Wildman–Crippen LogP) is 3.17. The van der Waals surface area contributed by atoms with Crippen molar-refractivity contribution in [3.8, 4) is 0 Å². The summed E-state index contributed by atoms with van der Waals surface area (Å²) >= 11 is 6.87. The summed E-state index contributed by atoms with van der Waals surface area (Å²) in [6, 6.07) is 4.11. The van der Waals surface area contributed by atoms with E-state index in [0.717, 1.165) is 18.7 Å². The fourth-order valence-corrected chi connectivity index (χ4v) is 3.15. The van der Waals surface area contributed by atoms with Gasteiger partial charge >= 0.3 is 0 Å². The number of hydrogen-bond donors (Lipinski definition) is 1. The van der Waals surface area contributed by atoms with Gasteiger partial charge in [-0.3, -0.25) is 14.5 Å². The van der Waals surface area contributed by atoms with Gasteiger partial charge in [-0.15, -0.1) is 11.3 Å². The number of aromatic amines is 1. The molecule has 0 aliphatic rings. The molecule has 7 heteroatoms. The molecule has 2 rings (SSSR count). The molecule has 2 heterocycles. The maximum Gasteiger partial charge on any atom is 0.242 e. The Morgan fingerprint density at radius 1 is 1.62 bits per heavy atom. The molecule has 0 radical (unpaired) electrons. The zero-order valence-corrected chi connectivity index (χ0v) is 14.1. The van der Waals surface area contributed by atoms with Crippen LogP contribution < -0.4 is 0 Å². The summed E-state index contributed by atoms with van der Waals surface area (Å²) < 4.78 is 2.29. The van der Waals surface area contributed by atoms with Gasteiger partial charge in [0.05, 0.1) is 6.04 Å². The van der Waals surface area contributed by atoms with Gasteiger partial charge in [-0.2, -0.15) is 5.10 Å². The molecular formula is C14H20N4OS2. The monoisotopic (exact) mass is 324 g/mol. The molecule has 0 bridgehead atoms. The number of aryl methyl sites for hydroxylation is 1. The van der Waals surface area contributed by atoms with Gasteiger partial charge in [-0.25, -0.2) is 0 Å². The minimum Gasteiger partial charge on any atom is -0.337 e. The van der Waals surface area contributed by atoms with Crippen molar-refractivity contribution in [2.24, 2.45) is 0 Å². The van der Waals surface area contributed by atoms with Crippen molar-refractivity contribution in [1.29, 1.82) is 0 Å². The maximum absolute atomic E-state index is 12.5. The predicted molar refractivity (Wildman–Crippen MR) is 86.9 cm³/mol. The number of likely N-dealkylation sites (N-methyl/N-ethyl adjacent to an activating group) is 1. The first kappa shape index (κ1) is 15.9. The minimum absolute atomic E-state index is 0.0331. The molecule has 2 aromatic heterocycles. The fourth-order valence-electron chi connectivity index (χ4n) is 2.11. The molecule has 1 amide bonds. The highest BCUT2D eigenvalue weighted by atomic mass is 32.1. The molecule has 0 saturated carbocycles. The lowest BCUT2D eigenvalue weighted by Crippen LogP contribution is -2.32. The Morgan fingerprint density at radius 3 is 3.00 bits per heavy atom. The lowest BCUT2D eigenvalue weighted by molar-refractivity contribution is -0.132. The summed E-state index contributed by atoms with van der Waals surface area (Å²) in [7, 11) is 1.83. The van der Waals surface area contributed by atoms with Crippen molar-refractivity contribution in [3.05, 3.63) is 33.0 Å². The average molecular weight is 324 g/mol. The first-order valence-electron chi connectivity index (χ1n) is 6.97. The van der Waals surface area contributed by atoms with E-state index < -0.39 is 0 Å². The second-order valence-corrected chi connectivity index (χ2v) is 6.34. The average Bonchev–Trinajstić information content (AvgIpc) is 3.11. The van der Waals surface area contributed by atoms with Crippen molar-refractivity contribution in [3.63, 3.8) is 0 Å². The molecule has 0 spiro atoms. The number of nitrogens with one attached hydrogen (secondary N) is 1. The number of hydrogen-bond acceptors (Lipinski definition) is 4. The molecular weight excluding hydrogens is 304 g/mol. The van der Waals surface area contributed by atoms with E-state index >= 15 is 0 Å². The summed E-state index contributed by atoms with van der Waals surface area (Å²) in [5, 5.41) is 8.98. The van der Waals surface area contributed by atoms with Crippen molar-refractivity contribution in [1.82, 2.24) is 19.7 Å². The van der Waals surface area contributed by atoms with E-state index in [2.05, 4.69) is 17.1 Å². The molecule has 21 heavy (non-hydrogen) atoms. The summed E-state index contributed by atoms with van der Waals surface area (Å²) in [4.78, 5) is 15.4. The van der Waals surface area contributed by atoms with Crippen molar-refractivity contribution in [2.45, 2.75) is 39.3 Å². The Balaban J connectivity index is 2.11. The Kier molecular flexibility index (Phi) is 5.30. The van der Waals surface area contributed by atoms with Crippen LogP contribution in [0.3, 0.4) is 0 Å². The second kappa shape index (κ2) is 7.00. The molecule has 0 aliphatic carbocycles. The molecule has 114 valence electrons. The van der Waals surface area contributed by atoms with Gasteiger partial charge in [-0.05, 0) is 37.0 Å². The zero-order valence-electron chi connectivity index (χ0n) is 12.5. The molecule has 0 unspecified atom stereocenters. The van der Waals surface area contributed by atoms with Crippen molar-refractivity contribution < 1.29 is 4.79 Å². The van der Waals surface area contributed by atoms with Crippen LogP contribution in [0.5, 0.6) is 0 Å². The second-order valence-electron chi connectivity index (χ2n) is 4.98. The highest BCUT2D eigenvalue weighted by Crippen LogP contribution is 2.23. The molecule has 0 aromatic carbocycles. The summed E-state index contributed by atoms with van der Waals surface area (Å²) in [6.07, 6.45) is 1.78. The maximum atomic E-state index is 12.5. The first-order valence-corrected chi connectivity index (χ1v) is 8.26. The number of aromatic nitrogens is 3. The van der Waals surface area contributed by atoms with Crippen LogP contribution in [-0.2, 0) is 17.8 Å². The van der Waals surface area contributed by atoms with E-state index in [1.54, 1.807) is 20.8 Å². The van der Waals surface area contributed by atoms with Gasteiger partial charge in [-0.1, -0.05) is 13.0 Å². The number of amides is 1. The molecule has 1 atom stereocenters. The van der Waals surface area contributed by atoms with Gasteiger partial charge in [0, 0.05) is 18.3 Å². The van der Waals surface area contributed by atoms with E-state index in [0.29, 0.717) is 4.77 Å². The third-order valence-corrected chi connectivity index (χ3v) is 4.89.